The monoisotopic (exact) mass is 268 g/mol. The van der Waals surface area contributed by atoms with Gasteiger partial charge in [-0.3, -0.25) is 19.7 Å². The minimum atomic E-state index is -0.844. The molecule has 7 nitrogen and oxygen atoms in total. The molecule has 1 aliphatic rings. The second kappa shape index (κ2) is 4.75. The van der Waals surface area contributed by atoms with E-state index in [0.29, 0.717) is 4.90 Å². The molecular weight excluding hydrogens is 260 g/mol. The van der Waals surface area contributed by atoms with E-state index >= 15 is 0 Å². The molecule has 1 aromatic rings. The molecule has 2 rings (SSSR count). The van der Waals surface area contributed by atoms with Crippen LogP contribution >= 0.6 is 11.8 Å². The third-order valence-corrected chi connectivity index (χ3v) is 3.21. The standard InChI is InChI=1S/C10H8N2O5S/c11-9(13)7-8(17-7)10(14)18-6-3-1-5(2-4-6)12(15)16/h1-4,7-8H,(H2,11,13). The van der Waals surface area contributed by atoms with Crippen molar-refractivity contribution in [1.29, 1.82) is 0 Å². The highest BCUT2D eigenvalue weighted by Crippen LogP contribution is 2.31. The number of benzene rings is 1. The minimum absolute atomic E-state index is 0.0514. The van der Waals surface area contributed by atoms with Crippen LogP contribution < -0.4 is 5.73 Å². The molecule has 0 spiro atoms. The van der Waals surface area contributed by atoms with Gasteiger partial charge in [-0.2, -0.15) is 0 Å². The fourth-order valence-electron chi connectivity index (χ4n) is 1.32. The quantitative estimate of drug-likeness (QED) is 0.367. The second-order valence-electron chi connectivity index (χ2n) is 3.55. The molecule has 0 saturated carbocycles. The van der Waals surface area contributed by atoms with Crippen LogP contribution in [0.1, 0.15) is 0 Å². The Labute approximate surface area is 105 Å². The van der Waals surface area contributed by atoms with Gasteiger partial charge in [-0.05, 0) is 23.9 Å². The van der Waals surface area contributed by atoms with Gasteiger partial charge in [-0.1, -0.05) is 0 Å². The van der Waals surface area contributed by atoms with Crippen molar-refractivity contribution in [1.82, 2.24) is 0 Å². The van der Waals surface area contributed by atoms with Gasteiger partial charge in [0.05, 0.1) is 4.92 Å². The fraction of sp³-hybridized carbons (Fsp3) is 0.200. The number of carbonyl (C=O) groups excluding carboxylic acids is 2. The van der Waals surface area contributed by atoms with Crippen molar-refractivity contribution >= 4 is 28.5 Å². The third kappa shape index (κ3) is 2.66. The largest absolute Gasteiger partial charge is 0.367 e. The van der Waals surface area contributed by atoms with Gasteiger partial charge in [0, 0.05) is 17.0 Å². The van der Waals surface area contributed by atoms with Crippen molar-refractivity contribution in [2.75, 3.05) is 0 Å². The number of ether oxygens (including phenoxy) is 1. The molecule has 0 radical (unpaired) electrons. The first-order valence-corrected chi connectivity index (χ1v) is 5.71. The average Bonchev–Trinajstić information content (AvgIpc) is 3.09. The van der Waals surface area contributed by atoms with Crippen LogP contribution in [0.15, 0.2) is 29.2 Å². The van der Waals surface area contributed by atoms with Crippen molar-refractivity contribution in [2.45, 2.75) is 17.1 Å². The Hall–Kier alpha value is -1.93. The maximum atomic E-state index is 11.6. The molecular formula is C10H8N2O5S. The molecule has 0 aliphatic carbocycles. The van der Waals surface area contributed by atoms with Crippen LogP contribution in [0.4, 0.5) is 5.69 Å². The molecule has 1 saturated heterocycles. The highest BCUT2D eigenvalue weighted by atomic mass is 32.2. The summed E-state index contributed by atoms with van der Waals surface area (Å²) < 4.78 is 4.82. The number of hydrogen-bond acceptors (Lipinski definition) is 6. The van der Waals surface area contributed by atoms with Crippen molar-refractivity contribution in [3.05, 3.63) is 34.4 Å². The summed E-state index contributed by atoms with van der Waals surface area (Å²) in [7, 11) is 0. The van der Waals surface area contributed by atoms with Crippen molar-refractivity contribution in [3.8, 4) is 0 Å². The van der Waals surface area contributed by atoms with Crippen LogP contribution in [0.25, 0.3) is 0 Å². The zero-order valence-corrected chi connectivity index (χ0v) is 9.75. The first-order chi connectivity index (χ1) is 8.49. The second-order valence-corrected chi connectivity index (χ2v) is 4.63. The van der Waals surface area contributed by atoms with Crippen LogP contribution in [0, 0.1) is 10.1 Å². The summed E-state index contributed by atoms with van der Waals surface area (Å²) in [6, 6.07) is 5.52. The van der Waals surface area contributed by atoms with E-state index in [1.54, 1.807) is 0 Å². The SMILES string of the molecule is NC(=O)C1OC1C(=O)Sc1ccc([N+](=O)[O-])cc1. The molecule has 1 amide bonds. The summed E-state index contributed by atoms with van der Waals surface area (Å²) in [5.41, 5.74) is 4.92. The van der Waals surface area contributed by atoms with E-state index in [9.17, 15) is 19.7 Å². The number of primary amides is 1. The van der Waals surface area contributed by atoms with Gasteiger partial charge in [0.2, 0.25) is 11.0 Å². The lowest BCUT2D eigenvalue weighted by molar-refractivity contribution is -0.384. The number of nitrogens with two attached hydrogens (primary N) is 1. The maximum Gasteiger partial charge on any atom is 0.269 e. The Morgan fingerprint density at radius 3 is 2.33 bits per heavy atom. The summed E-state index contributed by atoms with van der Waals surface area (Å²) >= 11 is 0.861. The Morgan fingerprint density at radius 1 is 1.28 bits per heavy atom. The number of nitro groups is 1. The van der Waals surface area contributed by atoms with Crippen LogP contribution in [0.5, 0.6) is 0 Å². The molecule has 94 valence electrons. The Morgan fingerprint density at radius 2 is 1.89 bits per heavy atom. The Kier molecular flexibility index (Phi) is 3.30. The number of thioether (sulfide) groups is 1. The molecule has 0 bridgehead atoms. The number of nitro benzene ring substituents is 1. The van der Waals surface area contributed by atoms with E-state index < -0.39 is 23.0 Å². The normalized spacial score (nSPS) is 21.3. The molecule has 1 aromatic carbocycles. The summed E-state index contributed by atoms with van der Waals surface area (Å²) in [4.78, 5) is 32.8. The van der Waals surface area contributed by atoms with Gasteiger partial charge in [0.1, 0.15) is 0 Å². The number of carbonyl (C=O) groups is 2. The van der Waals surface area contributed by atoms with E-state index in [0.717, 1.165) is 11.8 Å². The molecule has 1 fully saturated rings. The number of non-ortho nitro benzene ring substituents is 1. The first-order valence-electron chi connectivity index (χ1n) is 4.90. The van der Waals surface area contributed by atoms with Crippen LogP contribution in [0.2, 0.25) is 0 Å². The van der Waals surface area contributed by atoms with Gasteiger partial charge in [0.25, 0.3) is 5.69 Å². The molecule has 2 N–H and O–H groups in total. The van der Waals surface area contributed by atoms with E-state index in [1.165, 1.54) is 24.3 Å². The summed E-state index contributed by atoms with van der Waals surface area (Å²) in [5.74, 6) is -0.669. The lowest BCUT2D eigenvalue weighted by Gasteiger charge is -1.97. The van der Waals surface area contributed by atoms with Gasteiger partial charge in [-0.25, -0.2) is 0 Å². The van der Waals surface area contributed by atoms with Crippen molar-refractivity contribution in [2.24, 2.45) is 5.73 Å². The van der Waals surface area contributed by atoms with Gasteiger partial charge < -0.3 is 10.5 Å². The minimum Gasteiger partial charge on any atom is -0.367 e. The molecule has 2 unspecified atom stereocenters. The van der Waals surface area contributed by atoms with Crippen LogP contribution in [-0.4, -0.2) is 28.2 Å². The number of amides is 1. The highest BCUT2D eigenvalue weighted by molar-refractivity contribution is 8.13. The van der Waals surface area contributed by atoms with E-state index in [2.05, 4.69) is 0 Å². The fourth-order valence-corrected chi connectivity index (χ4v) is 2.12. The topological polar surface area (TPSA) is 116 Å². The average molecular weight is 268 g/mol. The summed E-state index contributed by atoms with van der Waals surface area (Å²) in [6.45, 7) is 0. The number of hydrogen-bond donors (Lipinski definition) is 1. The lowest BCUT2D eigenvalue weighted by Crippen LogP contribution is -2.21. The van der Waals surface area contributed by atoms with Gasteiger partial charge in [0.15, 0.2) is 12.2 Å². The summed E-state index contributed by atoms with van der Waals surface area (Å²) in [5, 5.41) is 10.1. The number of epoxide rings is 1. The zero-order chi connectivity index (χ0) is 13.3. The molecule has 2 atom stereocenters. The predicted molar refractivity (Wildman–Crippen MR) is 61.8 cm³/mol. The summed E-state index contributed by atoms with van der Waals surface area (Å²) in [6.07, 6.45) is -1.65. The van der Waals surface area contributed by atoms with E-state index in [-0.39, 0.29) is 10.8 Å². The smallest absolute Gasteiger partial charge is 0.269 e. The van der Waals surface area contributed by atoms with E-state index in [4.69, 9.17) is 10.5 Å². The van der Waals surface area contributed by atoms with Crippen molar-refractivity contribution < 1.29 is 19.2 Å². The Balaban J connectivity index is 1.96. The molecule has 1 heterocycles. The first kappa shape index (κ1) is 12.5. The highest BCUT2D eigenvalue weighted by Gasteiger charge is 2.49. The zero-order valence-electron chi connectivity index (χ0n) is 8.94. The molecule has 8 heteroatoms. The van der Waals surface area contributed by atoms with Gasteiger partial charge >= 0.3 is 0 Å². The lowest BCUT2D eigenvalue weighted by atomic mass is 10.3. The van der Waals surface area contributed by atoms with Gasteiger partial charge in [-0.15, -0.1) is 0 Å². The molecule has 18 heavy (non-hydrogen) atoms. The number of rotatable bonds is 4. The molecule has 0 aromatic heterocycles. The maximum absolute atomic E-state index is 11.6. The third-order valence-electron chi connectivity index (χ3n) is 2.27. The van der Waals surface area contributed by atoms with Crippen molar-refractivity contribution in [3.63, 3.8) is 0 Å². The molecule has 1 aliphatic heterocycles. The predicted octanol–water partition coefficient (Wildman–Crippen LogP) is 0.466. The van der Waals surface area contributed by atoms with Crippen LogP contribution in [0.3, 0.4) is 0 Å². The number of nitrogens with zero attached hydrogens (tertiary/aromatic N) is 1. The van der Waals surface area contributed by atoms with Crippen LogP contribution in [-0.2, 0) is 14.3 Å². The van der Waals surface area contributed by atoms with E-state index in [1.807, 2.05) is 0 Å². The Bertz CT molecular complexity index is 516.